The Morgan fingerprint density at radius 3 is 2.53 bits per heavy atom. The summed E-state index contributed by atoms with van der Waals surface area (Å²) >= 11 is 6.20. The van der Waals surface area contributed by atoms with Crippen LogP contribution in [0.25, 0.3) is 0 Å². The zero-order chi connectivity index (χ0) is 22.5. The van der Waals surface area contributed by atoms with Crippen molar-refractivity contribution in [1.29, 1.82) is 0 Å². The van der Waals surface area contributed by atoms with E-state index in [0.717, 1.165) is 5.56 Å². The predicted molar refractivity (Wildman–Crippen MR) is 118 cm³/mol. The maximum absolute atomic E-state index is 13.0. The molecule has 2 aromatic carbocycles. The first-order valence-electron chi connectivity index (χ1n) is 10.3. The quantitative estimate of drug-likeness (QED) is 0.599. The van der Waals surface area contributed by atoms with Gasteiger partial charge in [0.05, 0.1) is 25.2 Å². The summed E-state index contributed by atoms with van der Waals surface area (Å²) in [5, 5.41) is 12.7. The van der Waals surface area contributed by atoms with Crippen molar-refractivity contribution in [3.63, 3.8) is 0 Å². The minimum Gasteiger partial charge on any atom is -0.497 e. The van der Waals surface area contributed by atoms with Crippen LogP contribution in [-0.4, -0.2) is 30.3 Å². The van der Waals surface area contributed by atoms with Crippen LogP contribution in [0.5, 0.6) is 11.5 Å². The minimum atomic E-state index is -1.58. The minimum absolute atomic E-state index is 0.0902. The lowest BCUT2D eigenvalue weighted by atomic mass is 9.71. The Kier molecular flexibility index (Phi) is 4.87. The molecule has 4 atom stereocenters. The van der Waals surface area contributed by atoms with E-state index in [2.05, 4.69) is 4.98 Å². The fourth-order valence-electron chi connectivity index (χ4n) is 5.35. The maximum Gasteiger partial charge on any atom is 0.309 e. The van der Waals surface area contributed by atoms with Crippen LogP contribution >= 0.6 is 11.6 Å². The third-order valence-electron chi connectivity index (χ3n) is 6.63. The molecule has 1 aromatic heterocycles. The normalized spacial score (nSPS) is 27.9. The number of halogens is 1. The largest absolute Gasteiger partial charge is 0.497 e. The van der Waals surface area contributed by atoms with Crippen molar-refractivity contribution in [1.82, 2.24) is 4.98 Å². The third-order valence-corrected chi connectivity index (χ3v) is 6.84. The molecule has 0 unspecified atom stereocenters. The summed E-state index contributed by atoms with van der Waals surface area (Å²) < 4.78 is 17.1. The molecule has 164 valence electrons. The molecule has 3 aromatic rings. The topological polar surface area (TPSA) is 77.9 Å². The first-order valence-corrected chi connectivity index (χ1v) is 10.7. The Balaban J connectivity index is 1.81. The smallest absolute Gasteiger partial charge is 0.309 e. The molecule has 1 N–H and O–H groups in total. The Morgan fingerprint density at radius 2 is 1.88 bits per heavy atom. The number of carbonyl (C=O) groups excluding carboxylic acids is 1. The molecule has 0 spiro atoms. The Morgan fingerprint density at radius 1 is 1.16 bits per heavy atom. The average molecular weight is 452 g/mol. The SMILES string of the molecule is COC(=O)[C@H]1C[C@@]2(O)c3ncc(Cl)cc3O[C@@]2(c2ccc(OC)cc2)[C@@H]1c1ccccc1. The van der Waals surface area contributed by atoms with Crippen molar-refractivity contribution in [3.05, 3.63) is 88.7 Å². The molecular weight excluding hydrogens is 430 g/mol. The van der Waals surface area contributed by atoms with E-state index in [1.165, 1.54) is 13.3 Å². The fraction of sp³-hybridized carbons (Fsp3) is 0.280. The van der Waals surface area contributed by atoms with Crippen molar-refractivity contribution in [2.75, 3.05) is 14.2 Å². The van der Waals surface area contributed by atoms with Crippen molar-refractivity contribution in [3.8, 4) is 11.5 Å². The number of benzene rings is 2. The van der Waals surface area contributed by atoms with E-state index >= 15 is 0 Å². The highest BCUT2D eigenvalue weighted by Crippen LogP contribution is 2.68. The van der Waals surface area contributed by atoms with Crippen molar-refractivity contribution in [2.45, 2.75) is 23.5 Å². The second-order valence-electron chi connectivity index (χ2n) is 8.15. The molecular formula is C25H22ClNO5. The van der Waals surface area contributed by atoms with Crippen LogP contribution in [0.3, 0.4) is 0 Å². The summed E-state index contributed by atoms with van der Waals surface area (Å²) in [6, 6.07) is 18.6. The molecule has 5 rings (SSSR count). The fourth-order valence-corrected chi connectivity index (χ4v) is 5.49. The summed E-state index contributed by atoms with van der Waals surface area (Å²) in [4.78, 5) is 17.4. The lowest BCUT2D eigenvalue weighted by Crippen LogP contribution is -2.48. The van der Waals surface area contributed by atoms with Gasteiger partial charge in [-0.3, -0.25) is 9.78 Å². The van der Waals surface area contributed by atoms with Gasteiger partial charge in [-0.2, -0.15) is 0 Å². The summed E-state index contributed by atoms with van der Waals surface area (Å²) in [7, 11) is 2.95. The van der Waals surface area contributed by atoms with Gasteiger partial charge in [0.25, 0.3) is 0 Å². The van der Waals surface area contributed by atoms with Crippen molar-refractivity contribution >= 4 is 17.6 Å². The van der Waals surface area contributed by atoms with E-state index in [1.54, 1.807) is 13.2 Å². The van der Waals surface area contributed by atoms with E-state index in [-0.39, 0.29) is 6.42 Å². The van der Waals surface area contributed by atoms with Gasteiger partial charge in [0, 0.05) is 24.6 Å². The molecule has 6 nitrogen and oxygen atoms in total. The first kappa shape index (κ1) is 20.8. The molecule has 0 bridgehead atoms. The molecule has 0 radical (unpaired) electrons. The highest BCUT2D eigenvalue weighted by atomic mass is 35.5. The van der Waals surface area contributed by atoms with Gasteiger partial charge in [-0.1, -0.05) is 54.1 Å². The van der Waals surface area contributed by atoms with Crippen LogP contribution in [0.1, 0.15) is 29.2 Å². The molecule has 1 aliphatic carbocycles. The number of hydrogen-bond donors (Lipinski definition) is 1. The molecule has 2 heterocycles. The van der Waals surface area contributed by atoms with Crippen LogP contribution < -0.4 is 9.47 Å². The van der Waals surface area contributed by atoms with Gasteiger partial charge < -0.3 is 19.3 Å². The summed E-state index contributed by atoms with van der Waals surface area (Å²) in [5.41, 5.74) is -0.978. The van der Waals surface area contributed by atoms with E-state index in [0.29, 0.717) is 27.8 Å². The van der Waals surface area contributed by atoms with E-state index < -0.39 is 29.0 Å². The third kappa shape index (κ3) is 2.76. The zero-order valence-electron chi connectivity index (χ0n) is 17.6. The Hall–Kier alpha value is -3.09. The lowest BCUT2D eigenvalue weighted by Gasteiger charge is -2.40. The molecule has 2 aliphatic rings. The van der Waals surface area contributed by atoms with Gasteiger partial charge in [0.1, 0.15) is 17.2 Å². The number of carbonyl (C=O) groups is 1. The van der Waals surface area contributed by atoms with Gasteiger partial charge in [-0.05, 0) is 23.3 Å². The average Bonchev–Trinajstić information content (AvgIpc) is 3.22. The van der Waals surface area contributed by atoms with E-state index in [1.807, 2.05) is 54.6 Å². The first-order chi connectivity index (χ1) is 15.4. The number of pyridine rings is 1. The van der Waals surface area contributed by atoms with Crippen molar-refractivity contribution < 1.29 is 24.1 Å². The predicted octanol–water partition coefficient (Wildman–Crippen LogP) is 4.20. The molecule has 7 heteroatoms. The zero-order valence-corrected chi connectivity index (χ0v) is 18.4. The Labute approximate surface area is 190 Å². The number of nitrogens with zero attached hydrogens (tertiary/aromatic N) is 1. The van der Waals surface area contributed by atoms with Gasteiger partial charge in [-0.15, -0.1) is 0 Å². The van der Waals surface area contributed by atoms with Gasteiger partial charge in [0.15, 0.2) is 11.2 Å². The molecule has 1 fully saturated rings. The number of hydrogen-bond acceptors (Lipinski definition) is 6. The number of aliphatic hydroxyl groups is 1. The van der Waals surface area contributed by atoms with Crippen LogP contribution in [0, 0.1) is 5.92 Å². The Bertz CT molecular complexity index is 1170. The summed E-state index contributed by atoms with van der Waals surface area (Å²) in [6.45, 7) is 0. The van der Waals surface area contributed by atoms with E-state index in [4.69, 9.17) is 25.8 Å². The summed E-state index contributed by atoms with van der Waals surface area (Å²) in [5.74, 6) is -0.527. The monoisotopic (exact) mass is 451 g/mol. The second kappa shape index (κ2) is 7.50. The number of aromatic nitrogens is 1. The maximum atomic E-state index is 13.0. The van der Waals surface area contributed by atoms with Gasteiger partial charge in [0.2, 0.25) is 0 Å². The van der Waals surface area contributed by atoms with Crippen LogP contribution in [-0.2, 0) is 20.7 Å². The number of fused-ring (bicyclic) bond motifs is 3. The molecule has 1 saturated carbocycles. The second-order valence-corrected chi connectivity index (χ2v) is 8.59. The summed E-state index contributed by atoms with van der Waals surface area (Å²) in [6.07, 6.45) is 1.57. The number of rotatable bonds is 4. The molecule has 32 heavy (non-hydrogen) atoms. The van der Waals surface area contributed by atoms with Crippen LogP contribution in [0.15, 0.2) is 66.9 Å². The number of esters is 1. The molecule has 0 amide bonds. The van der Waals surface area contributed by atoms with Crippen molar-refractivity contribution in [2.24, 2.45) is 5.92 Å². The van der Waals surface area contributed by atoms with Gasteiger partial charge in [-0.25, -0.2) is 0 Å². The highest BCUT2D eigenvalue weighted by molar-refractivity contribution is 6.30. The van der Waals surface area contributed by atoms with E-state index in [9.17, 15) is 9.90 Å². The number of ether oxygens (including phenoxy) is 3. The van der Waals surface area contributed by atoms with Crippen LogP contribution in [0.2, 0.25) is 5.02 Å². The van der Waals surface area contributed by atoms with Gasteiger partial charge >= 0.3 is 5.97 Å². The lowest BCUT2D eigenvalue weighted by molar-refractivity contribution is -0.146. The molecule has 0 saturated heterocycles. The molecule has 1 aliphatic heterocycles. The van der Waals surface area contributed by atoms with Crippen LogP contribution in [0.4, 0.5) is 0 Å². The number of methoxy groups -OCH3 is 2. The highest BCUT2D eigenvalue weighted by Gasteiger charge is 2.73. The standard InChI is InChI=1S/C25H22ClNO5/c1-30-18-10-8-16(9-11-18)25-21(15-6-4-3-5-7-15)19(23(28)31-2)13-24(25,29)22-20(32-25)12-17(26)14-27-22/h3-12,14,19,21,29H,13H2,1-2H3/t19-,21+,24+,25-/m0/s1.